The zero-order valence-corrected chi connectivity index (χ0v) is 11.5. The van der Waals surface area contributed by atoms with E-state index in [0.29, 0.717) is 6.42 Å². The van der Waals surface area contributed by atoms with E-state index in [1.807, 2.05) is 39.0 Å². The van der Waals surface area contributed by atoms with Gasteiger partial charge in [0, 0.05) is 6.04 Å². The van der Waals surface area contributed by atoms with Gasteiger partial charge in [0.05, 0.1) is 11.5 Å². The Hall–Kier alpha value is -0.870. The van der Waals surface area contributed by atoms with Crippen LogP contribution >= 0.6 is 0 Å². The minimum atomic E-state index is -3.12. The highest BCUT2D eigenvalue weighted by atomic mass is 32.2. The van der Waals surface area contributed by atoms with Crippen LogP contribution in [0.15, 0.2) is 18.2 Å². The van der Waals surface area contributed by atoms with Crippen molar-refractivity contribution in [3.05, 3.63) is 34.9 Å². The van der Waals surface area contributed by atoms with E-state index in [0.717, 1.165) is 16.7 Å². The van der Waals surface area contributed by atoms with Crippen LogP contribution < -0.4 is 5.73 Å². The Morgan fingerprint density at radius 3 is 2.24 bits per heavy atom. The summed E-state index contributed by atoms with van der Waals surface area (Å²) in [6.45, 7) is 5.79. The molecular formula is C13H21NO2S. The summed E-state index contributed by atoms with van der Waals surface area (Å²) >= 11 is 0. The fourth-order valence-corrected chi connectivity index (χ4v) is 3.70. The Morgan fingerprint density at radius 2 is 1.76 bits per heavy atom. The Labute approximate surface area is 104 Å². The van der Waals surface area contributed by atoms with Crippen molar-refractivity contribution in [3.63, 3.8) is 0 Å². The van der Waals surface area contributed by atoms with Crippen molar-refractivity contribution in [1.29, 1.82) is 0 Å². The summed E-state index contributed by atoms with van der Waals surface area (Å²) in [6, 6.07) is 5.57. The molecule has 1 aromatic rings. The van der Waals surface area contributed by atoms with Crippen molar-refractivity contribution in [2.24, 2.45) is 5.73 Å². The summed E-state index contributed by atoms with van der Waals surface area (Å²) in [5, 5.41) is 0. The molecule has 0 radical (unpaired) electrons. The molecule has 0 saturated carbocycles. The van der Waals surface area contributed by atoms with E-state index in [2.05, 4.69) is 0 Å². The van der Waals surface area contributed by atoms with E-state index < -0.39 is 9.84 Å². The maximum atomic E-state index is 12.0. The first kappa shape index (κ1) is 14.2. The maximum absolute atomic E-state index is 12.0. The van der Waals surface area contributed by atoms with Crippen LogP contribution in [0.5, 0.6) is 0 Å². The summed E-state index contributed by atoms with van der Waals surface area (Å²) in [5.41, 5.74) is 8.68. The van der Waals surface area contributed by atoms with Crippen LogP contribution in [-0.4, -0.2) is 20.2 Å². The third-order valence-corrected chi connectivity index (χ3v) is 4.67. The molecule has 0 saturated heterocycles. The third-order valence-electron chi connectivity index (χ3n) is 3.00. The molecule has 3 nitrogen and oxygen atoms in total. The van der Waals surface area contributed by atoms with Crippen molar-refractivity contribution >= 4 is 9.84 Å². The van der Waals surface area contributed by atoms with Gasteiger partial charge in [-0.25, -0.2) is 8.42 Å². The van der Waals surface area contributed by atoms with Crippen LogP contribution in [0, 0.1) is 13.8 Å². The molecule has 0 fully saturated rings. The SMILES string of the molecule is CCC(N)CS(=O)(=O)Cc1c(C)cccc1C. The molecule has 1 unspecified atom stereocenters. The van der Waals surface area contributed by atoms with Gasteiger partial charge in [-0.1, -0.05) is 25.1 Å². The number of nitrogens with two attached hydrogens (primary N) is 1. The van der Waals surface area contributed by atoms with Crippen LogP contribution in [-0.2, 0) is 15.6 Å². The third kappa shape index (κ3) is 4.13. The van der Waals surface area contributed by atoms with E-state index in [4.69, 9.17) is 5.73 Å². The predicted octanol–water partition coefficient (Wildman–Crippen LogP) is 1.96. The summed E-state index contributed by atoms with van der Waals surface area (Å²) in [6.07, 6.45) is 0.686. The summed E-state index contributed by atoms with van der Waals surface area (Å²) in [5.74, 6) is 0.163. The Morgan fingerprint density at radius 1 is 1.24 bits per heavy atom. The normalized spacial score (nSPS) is 13.6. The number of benzene rings is 1. The molecule has 0 aliphatic carbocycles. The molecule has 1 rings (SSSR count). The molecular weight excluding hydrogens is 234 g/mol. The molecule has 0 aromatic heterocycles. The van der Waals surface area contributed by atoms with Gasteiger partial charge < -0.3 is 5.73 Å². The first-order valence-corrected chi connectivity index (χ1v) is 7.69. The van der Waals surface area contributed by atoms with E-state index in [1.165, 1.54) is 0 Å². The Bertz CT molecular complexity index is 460. The van der Waals surface area contributed by atoms with Crippen LogP contribution in [0.1, 0.15) is 30.0 Å². The van der Waals surface area contributed by atoms with E-state index in [9.17, 15) is 8.42 Å². The van der Waals surface area contributed by atoms with Gasteiger partial charge in [0.2, 0.25) is 0 Å². The highest BCUT2D eigenvalue weighted by molar-refractivity contribution is 7.90. The molecule has 17 heavy (non-hydrogen) atoms. The Kier molecular flexibility index (Phi) is 4.71. The van der Waals surface area contributed by atoms with E-state index in [-0.39, 0.29) is 17.5 Å². The number of sulfone groups is 1. The van der Waals surface area contributed by atoms with E-state index >= 15 is 0 Å². The van der Waals surface area contributed by atoms with Crippen molar-refractivity contribution in [2.75, 3.05) is 5.75 Å². The maximum Gasteiger partial charge on any atom is 0.155 e. The second-order valence-corrected chi connectivity index (χ2v) is 6.70. The van der Waals surface area contributed by atoms with Gasteiger partial charge in [0.1, 0.15) is 0 Å². The molecule has 0 aliphatic heterocycles. The molecule has 4 heteroatoms. The van der Waals surface area contributed by atoms with Gasteiger partial charge in [0.15, 0.2) is 9.84 Å². The molecule has 2 N–H and O–H groups in total. The van der Waals surface area contributed by atoms with Gasteiger partial charge in [-0.05, 0) is 37.0 Å². The Balaban J connectivity index is 2.91. The van der Waals surface area contributed by atoms with Crippen molar-refractivity contribution in [3.8, 4) is 0 Å². The average Bonchev–Trinajstić information content (AvgIpc) is 2.23. The molecule has 0 spiro atoms. The molecule has 1 aromatic carbocycles. The standard InChI is InChI=1S/C13H21NO2S/c1-4-12(14)8-17(15,16)9-13-10(2)6-5-7-11(13)3/h5-7,12H,4,8-9,14H2,1-3H3. The second kappa shape index (κ2) is 5.65. The van der Waals surface area contributed by atoms with Crippen LogP contribution in [0.2, 0.25) is 0 Å². The van der Waals surface area contributed by atoms with Crippen LogP contribution in [0.3, 0.4) is 0 Å². The van der Waals surface area contributed by atoms with Crippen molar-refractivity contribution in [2.45, 2.75) is 39.0 Å². The number of rotatable bonds is 5. The van der Waals surface area contributed by atoms with Crippen molar-refractivity contribution < 1.29 is 8.42 Å². The quantitative estimate of drug-likeness (QED) is 0.875. The number of aryl methyl sites for hydroxylation is 2. The number of hydrogen-bond donors (Lipinski definition) is 1. The van der Waals surface area contributed by atoms with Gasteiger partial charge in [-0.2, -0.15) is 0 Å². The highest BCUT2D eigenvalue weighted by Crippen LogP contribution is 2.17. The zero-order chi connectivity index (χ0) is 13.1. The summed E-state index contributed by atoms with van der Waals surface area (Å²) in [4.78, 5) is 0. The largest absolute Gasteiger partial charge is 0.327 e. The number of hydrogen-bond acceptors (Lipinski definition) is 3. The lowest BCUT2D eigenvalue weighted by Gasteiger charge is -2.13. The van der Waals surface area contributed by atoms with Crippen LogP contribution in [0.25, 0.3) is 0 Å². The van der Waals surface area contributed by atoms with Gasteiger partial charge in [0.25, 0.3) is 0 Å². The van der Waals surface area contributed by atoms with Gasteiger partial charge >= 0.3 is 0 Å². The summed E-state index contributed by atoms with van der Waals surface area (Å²) in [7, 11) is -3.12. The molecule has 1 atom stereocenters. The monoisotopic (exact) mass is 255 g/mol. The van der Waals surface area contributed by atoms with Gasteiger partial charge in [-0.3, -0.25) is 0 Å². The van der Waals surface area contributed by atoms with Gasteiger partial charge in [-0.15, -0.1) is 0 Å². The molecule has 0 bridgehead atoms. The topological polar surface area (TPSA) is 60.2 Å². The minimum absolute atomic E-state index is 0.0667. The van der Waals surface area contributed by atoms with Crippen LogP contribution in [0.4, 0.5) is 0 Å². The van der Waals surface area contributed by atoms with Crippen molar-refractivity contribution in [1.82, 2.24) is 0 Å². The highest BCUT2D eigenvalue weighted by Gasteiger charge is 2.17. The smallest absolute Gasteiger partial charge is 0.155 e. The lowest BCUT2D eigenvalue weighted by Crippen LogP contribution is -2.29. The second-order valence-electron chi connectivity index (χ2n) is 4.59. The molecule has 0 heterocycles. The molecule has 0 aliphatic rings. The van der Waals surface area contributed by atoms with E-state index in [1.54, 1.807) is 0 Å². The first-order valence-electron chi connectivity index (χ1n) is 5.87. The predicted molar refractivity (Wildman–Crippen MR) is 71.7 cm³/mol. The summed E-state index contributed by atoms with van der Waals surface area (Å²) < 4.78 is 24.0. The minimum Gasteiger partial charge on any atom is -0.327 e. The zero-order valence-electron chi connectivity index (χ0n) is 10.7. The fourth-order valence-electron chi connectivity index (χ4n) is 1.80. The lowest BCUT2D eigenvalue weighted by molar-refractivity contribution is 0.583. The fraction of sp³-hybridized carbons (Fsp3) is 0.538. The lowest BCUT2D eigenvalue weighted by atomic mass is 10.1. The first-order chi connectivity index (χ1) is 7.85. The average molecular weight is 255 g/mol. The molecule has 96 valence electrons. The molecule has 0 amide bonds.